The highest BCUT2D eigenvalue weighted by Gasteiger charge is 2.30. The van der Waals surface area contributed by atoms with Crippen molar-refractivity contribution in [2.75, 3.05) is 38.6 Å². The number of piperidine rings is 1. The lowest BCUT2D eigenvalue weighted by molar-refractivity contribution is -0.130. The predicted octanol–water partition coefficient (Wildman–Crippen LogP) is 1.13. The highest BCUT2D eigenvalue weighted by Crippen LogP contribution is 2.22. The standard InChI is InChI=1S/C16H25N5O/c1-19(2)16-17-10-13(11-18-16)12-20-8-5-14(6-9-20)21-7-3-4-15(21)22/h10-11,14H,3-9,12H2,1-2H3. The lowest BCUT2D eigenvalue weighted by Crippen LogP contribution is -2.45. The first kappa shape index (κ1) is 15.2. The number of hydrogen-bond acceptors (Lipinski definition) is 5. The smallest absolute Gasteiger partial charge is 0.224 e. The van der Waals surface area contributed by atoms with Gasteiger partial charge in [-0.25, -0.2) is 9.97 Å². The van der Waals surface area contributed by atoms with Gasteiger partial charge in [0.1, 0.15) is 0 Å². The molecule has 6 heteroatoms. The second kappa shape index (κ2) is 6.60. The third-order valence-electron chi connectivity index (χ3n) is 4.61. The maximum Gasteiger partial charge on any atom is 0.224 e. The van der Waals surface area contributed by atoms with E-state index in [-0.39, 0.29) is 0 Å². The van der Waals surface area contributed by atoms with Gasteiger partial charge in [0.25, 0.3) is 0 Å². The number of rotatable bonds is 4. The molecule has 22 heavy (non-hydrogen) atoms. The molecule has 0 bridgehead atoms. The van der Waals surface area contributed by atoms with Gasteiger partial charge < -0.3 is 9.80 Å². The Bertz CT molecular complexity index is 508. The minimum absolute atomic E-state index is 0.353. The fraction of sp³-hybridized carbons (Fsp3) is 0.688. The SMILES string of the molecule is CN(C)c1ncc(CN2CCC(N3CCCC3=O)CC2)cn1. The Morgan fingerprint density at radius 3 is 2.41 bits per heavy atom. The van der Waals surface area contributed by atoms with Crippen molar-refractivity contribution in [3.05, 3.63) is 18.0 Å². The molecule has 2 saturated heterocycles. The van der Waals surface area contributed by atoms with Crippen LogP contribution in [-0.4, -0.2) is 65.4 Å². The van der Waals surface area contributed by atoms with Gasteiger partial charge in [0, 0.05) is 70.7 Å². The second-order valence-corrected chi connectivity index (χ2v) is 6.48. The van der Waals surface area contributed by atoms with Gasteiger partial charge in [-0.3, -0.25) is 9.69 Å². The molecule has 6 nitrogen and oxygen atoms in total. The zero-order chi connectivity index (χ0) is 15.5. The summed E-state index contributed by atoms with van der Waals surface area (Å²) in [5.41, 5.74) is 1.15. The highest BCUT2D eigenvalue weighted by atomic mass is 16.2. The summed E-state index contributed by atoms with van der Waals surface area (Å²) < 4.78 is 0. The molecular formula is C16H25N5O. The van der Waals surface area contributed by atoms with Gasteiger partial charge in [0.05, 0.1) is 0 Å². The van der Waals surface area contributed by atoms with Crippen molar-refractivity contribution < 1.29 is 4.79 Å². The molecule has 2 aliphatic heterocycles. The molecule has 0 spiro atoms. The number of likely N-dealkylation sites (tertiary alicyclic amines) is 2. The van der Waals surface area contributed by atoms with Gasteiger partial charge in [-0.15, -0.1) is 0 Å². The van der Waals surface area contributed by atoms with E-state index >= 15 is 0 Å². The molecule has 0 radical (unpaired) electrons. The van der Waals surface area contributed by atoms with E-state index in [2.05, 4.69) is 19.8 Å². The van der Waals surface area contributed by atoms with Gasteiger partial charge in [-0.05, 0) is 19.3 Å². The number of nitrogens with zero attached hydrogens (tertiary/aromatic N) is 5. The van der Waals surface area contributed by atoms with Gasteiger partial charge in [0.2, 0.25) is 11.9 Å². The first-order valence-electron chi connectivity index (χ1n) is 8.13. The van der Waals surface area contributed by atoms with E-state index in [9.17, 15) is 4.79 Å². The van der Waals surface area contributed by atoms with E-state index in [0.29, 0.717) is 11.9 Å². The van der Waals surface area contributed by atoms with Crippen LogP contribution >= 0.6 is 0 Å². The Morgan fingerprint density at radius 1 is 1.18 bits per heavy atom. The summed E-state index contributed by atoms with van der Waals surface area (Å²) >= 11 is 0. The van der Waals surface area contributed by atoms with Crippen LogP contribution in [0.2, 0.25) is 0 Å². The van der Waals surface area contributed by atoms with Crippen LogP contribution in [0.1, 0.15) is 31.2 Å². The Labute approximate surface area is 132 Å². The van der Waals surface area contributed by atoms with Gasteiger partial charge in [0.15, 0.2) is 0 Å². The van der Waals surface area contributed by atoms with Crippen molar-refractivity contribution in [3.8, 4) is 0 Å². The lowest BCUT2D eigenvalue weighted by atomic mass is 10.0. The molecule has 1 aromatic rings. The fourth-order valence-electron chi connectivity index (χ4n) is 3.36. The van der Waals surface area contributed by atoms with Crippen LogP contribution in [0.4, 0.5) is 5.95 Å². The van der Waals surface area contributed by atoms with Crippen LogP contribution in [0.3, 0.4) is 0 Å². The van der Waals surface area contributed by atoms with Crippen LogP contribution in [0, 0.1) is 0 Å². The average Bonchev–Trinajstić information content (AvgIpc) is 2.95. The summed E-state index contributed by atoms with van der Waals surface area (Å²) in [6, 6.07) is 0.457. The Morgan fingerprint density at radius 2 is 1.86 bits per heavy atom. The summed E-state index contributed by atoms with van der Waals surface area (Å²) in [6.45, 7) is 3.95. The lowest BCUT2D eigenvalue weighted by Gasteiger charge is -2.36. The minimum atomic E-state index is 0.353. The topological polar surface area (TPSA) is 52.6 Å². The van der Waals surface area contributed by atoms with Crippen LogP contribution in [0.25, 0.3) is 0 Å². The Balaban J connectivity index is 1.50. The molecule has 1 amide bonds. The fourth-order valence-corrected chi connectivity index (χ4v) is 3.36. The van der Waals surface area contributed by atoms with E-state index in [4.69, 9.17) is 0 Å². The van der Waals surface area contributed by atoms with Crippen molar-refractivity contribution in [1.82, 2.24) is 19.8 Å². The molecular weight excluding hydrogens is 278 g/mol. The average molecular weight is 303 g/mol. The predicted molar refractivity (Wildman–Crippen MR) is 85.6 cm³/mol. The van der Waals surface area contributed by atoms with Crippen molar-refractivity contribution in [2.45, 2.75) is 38.3 Å². The first-order chi connectivity index (χ1) is 10.6. The molecule has 0 aliphatic carbocycles. The second-order valence-electron chi connectivity index (χ2n) is 6.48. The minimum Gasteiger partial charge on any atom is -0.347 e. The van der Waals surface area contributed by atoms with Crippen LogP contribution < -0.4 is 4.90 Å². The van der Waals surface area contributed by atoms with Gasteiger partial charge in [-0.2, -0.15) is 0 Å². The summed E-state index contributed by atoms with van der Waals surface area (Å²) in [6.07, 6.45) is 7.78. The zero-order valence-electron chi connectivity index (χ0n) is 13.5. The maximum atomic E-state index is 11.8. The molecule has 0 aromatic carbocycles. The molecule has 1 aromatic heterocycles. The third-order valence-corrected chi connectivity index (χ3v) is 4.61. The Kier molecular flexibility index (Phi) is 4.57. The van der Waals surface area contributed by atoms with Crippen molar-refractivity contribution in [1.29, 1.82) is 0 Å². The van der Waals surface area contributed by atoms with Crippen LogP contribution in [0.5, 0.6) is 0 Å². The zero-order valence-corrected chi connectivity index (χ0v) is 13.5. The van der Waals surface area contributed by atoms with Crippen molar-refractivity contribution in [3.63, 3.8) is 0 Å². The highest BCUT2D eigenvalue weighted by molar-refractivity contribution is 5.78. The molecule has 0 N–H and O–H groups in total. The van der Waals surface area contributed by atoms with Crippen molar-refractivity contribution in [2.24, 2.45) is 0 Å². The van der Waals surface area contributed by atoms with Gasteiger partial charge >= 0.3 is 0 Å². The summed E-state index contributed by atoms with van der Waals surface area (Å²) in [4.78, 5) is 27.0. The maximum absolute atomic E-state index is 11.8. The summed E-state index contributed by atoms with van der Waals surface area (Å²) in [7, 11) is 3.89. The van der Waals surface area contributed by atoms with E-state index in [1.165, 1.54) is 0 Å². The van der Waals surface area contributed by atoms with Gasteiger partial charge in [-0.1, -0.05) is 0 Å². The van der Waals surface area contributed by atoms with E-state index in [1.54, 1.807) is 0 Å². The van der Waals surface area contributed by atoms with E-state index in [0.717, 1.165) is 63.4 Å². The number of aromatic nitrogens is 2. The quantitative estimate of drug-likeness (QED) is 0.834. The Hall–Kier alpha value is -1.69. The number of anilines is 1. The normalized spacial score (nSPS) is 20.6. The largest absolute Gasteiger partial charge is 0.347 e. The summed E-state index contributed by atoms with van der Waals surface area (Å²) in [5.74, 6) is 1.10. The molecule has 0 unspecified atom stereocenters. The van der Waals surface area contributed by atoms with Crippen molar-refractivity contribution >= 4 is 11.9 Å². The molecule has 2 fully saturated rings. The molecule has 120 valence electrons. The van der Waals surface area contributed by atoms with Crippen LogP contribution in [0.15, 0.2) is 12.4 Å². The molecule has 0 saturated carbocycles. The monoisotopic (exact) mass is 303 g/mol. The molecule has 3 heterocycles. The molecule has 0 atom stereocenters. The van der Waals surface area contributed by atoms with Crippen LogP contribution in [-0.2, 0) is 11.3 Å². The molecule has 2 aliphatic rings. The van der Waals surface area contributed by atoms with E-state index in [1.807, 2.05) is 31.4 Å². The molecule has 3 rings (SSSR count). The number of amides is 1. The third kappa shape index (κ3) is 3.38. The first-order valence-corrected chi connectivity index (χ1v) is 8.13. The van der Waals surface area contributed by atoms with E-state index < -0.39 is 0 Å². The number of carbonyl (C=O) groups excluding carboxylic acids is 1. The number of carbonyl (C=O) groups is 1. The number of hydrogen-bond donors (Lipinski definition) is 0. The summed E-state index contributed by atoms with van der Waals surface area (Å²) in [5, 5.41) is 0.